The molecule has 25 heavy (non-hydrogen) atoms. The van der Waals surface area contributed by atoms with E-state index >= 15 is 0 Å². The molecule has 1 saturated carbocycles. The molecule has 1 aliphatic carbocycles. The Labute approximate surface area is 149 Å². The maximum absolute atomic E-state index is 12.9. The van der Waals surface area contributed by atoms with Crippen LogP contribution in [0, 0.1) is 0 Å². The summed E-state index contributed by atoms with van der Waals surface area (Å²) in [5, 5.41) is 3.49. The lowest BCUT2D eigenvalue weighted by Crippen LogP contribution is -2.41. The molecule has 1 aromatic rings. The summed E-state index contributed by atoms with van der Waals surface area (Å²) >= 11 is 0. The van der Waals surface area contributed by atoms with Crippen molar-refractivity contribution in [3.8, 4) is 0 Å². The van der Waals surface area contributed by atoms with Crippen LogP contribution >= 0.6 is 0 Å². The number of hydrogen-bond donors (Lipinski definition) is 1. The average molecular weight is 365 g/mol. The van der Waals surface area contributed by atoms with Crippen LogP contribution in [0.1, 0.15) is 55.8 Å². The molecule has 6 nitrogen and oxygen atoms in total. The lowest BCUT2D eigenvalue weighted by Gasteiger charge is -2.27. The van der Waals surface area contributed by atoms with Crippen molar-refractivity contribution < 1.29 is 13.2 Å². The van der Waals surface area contributed by atoms with Crippen molar-refractivity contribution in [2.75, 3.05) is 23.4 Å². The summed E-state index contributed by atoms with van der Waals surface area (Å²) in [6, 6.07) is 2.07. The minimum Gasteiger partial charge on any atom is -0.381 e. The number of sulfone groups is 1. The van der Waals surface area contributed by atoms with Gasteiger partial charge in [0, 0.05) is 31.0 Å². The molecule has 2 heterocycles. The molecular formula is C18H27N3O3S. The van der Waals surface area contributed by atoms with Gasteiger partial charge in [0.1, 0.15) is 0 Å². The highest BCUT2D eigenvalue weighted by Gasteiger charge is 2.34. The Hall–Kier alpha value is -1.63. The van der Waals surface area contributed by atoms with Crippen LogP contribution in [0.3, 0.4) is 0 Å². The molecule has 3 rings (SSSR count). The zero-order chi connectivity index (χ0) is 17.9. The Bertz CT molecular complexity index is 714. The third-order valence-corrected chi connectivity index (χ3v) is 6.96. The number of nitrogens with one attached hydrogen (secondary N) is 1. The Morgan fingerprint density at radius 3 is 2.64 bits per heavy atom. The number of anilines is 1. The third kappa shape index (κ3) is 4.51. The van der Waals surface area contributed by atoms with Gasteiger partial charge in [0.05, 0.1) is 22.8 Å². The van der Waals surface area contributed by atoms with Crippen LogP contribution in [0.5, 0.6) is 0 Å². The number of aromatic nitrogens is 1. The molecule has 1 unspecified atom stereocenters. The van der Waals surface area contributed by atoms with Gasteiger partial charge in [0.2, 0.25) is 0 Å². The zero-order valence-corrected chi connectivity index (χ0v) is 15.6. The van der Waals surface area contributed by atoms with Crippen LogP contribution in [0.2, 0.25) is 0 Å². The number of amides is 1. The van der Waals surface area contributed by atoms with Crippen LogP contribution in [0.4, 0.5) is 5.69 Å². The number of carbonyl (C=O) groups excluding carboxylic acids is 1. The van der Waals surface area contributed by atoms with E-state index < -0.39 is 9.84 Å². The van der Waals surface area contributed by atoms with Gasteiger partial charge >= 0.3 is 0 Å². The van der Waals surface area contributed by atoms with Gasteiger partial charge in [0.15, 0.2) is 9.84 Å². The zero-order valence-electron chi connectivity index (χ0n) is 14.8. The van der Waals surface area contributed by atoms with Gasteiger partial charge in [-0.3, -0.25) is 9.78 Å². The molecule has 1 amide bonds. The van der Waals surface area contributed by atoms with Crippen molar-refractivity contribution >= 4 is 21.4 Å². The molecule has 1 aliphatic heterocycles. The van der Waals surface area contributed by atoms with E-state index in [1.165, 1.54) is 19.3 Å². The van der Waals surface area contributed by atoms with E-state index in [1.54, 1.807) is 17.3 Å². The van der Waals surface area contributed by atoms with E-state index in [-0.39, 0.29) is 23.5 Å². The number of carbonyl (C=O) groups is 1. The van der Waals surface area contributed by atoms with Crippen LogP contribution < -0.4 is 5.32 Å². The number of hydrogen-bond acceptors (Lipinski definition) is 5. The first-order chi connectivity index (χ1) is 12.0. The lowest BCUT2D eigenvalue weighted by molar-refractivity contribution is 0.0708. The fraction of sp³-hybridized carbons (Fsp3) is 0.667. The fourth-order valence-corrected chi connectivity index (χ4v) is 5.60. The molecule has 7 heteroatoms. The van der Waals surface area contributed by atoms with Gasteiger partial charge in [0.25, 0.3) is 5.91 Å². The molecule has 2 aliphatic rings. The molecule has 1 atom stereocenters. The highest BCUT2D eigenvalue weighted by Crippen LogP contribution is 2.23. The monoisotopic (exact) mass is 365 g/mol. The molecule has 2 fully saturated rings. The first kappa shape index (κ1) is 18.2. The largest absolute Gasteiger partial charge is 0.381 e. The molecule has 0 radical (unpaired) electrons. The predicted molar refractivity (Wildman–Crippen MR) is 98.5 cm³/mol. The topological polar surface area (TPSA) is 79.4 Å². The summed E-state index contributed by atoms with van der Waals surface area (Å²) in [4.78, 5) is 18.8. The van der Waals surface area contributed by atoms with Gasteiger partial charge in [-0.2, -0.15) is 0 Å². The SMILES string of the molecule is CCN(C(=O)c1cncc(NC2CCCCC2)c1)C1CCS(=O)(=O)C1. The van der Waals surface area contributed by atoms with E-state index in [9.17, 15) is 13.2 Å². The van der Waals surface area contributed by atoms with E-state index in [1.807, 2.05) is 13.0 Å². The standard InChI is InChI=1S/C18H27N3O3S/c1-2-21(17-8-9-25(23,24)13-17)18(22)14-10-16(12-19-11-14)20-15-6-4-3-5-7-15/h10-12,15,17,20H,2-9,13H2,1H3. The van der Waals surface area contributed by atoms with Gasteiger partial charge in [-0.05, 0) is 32.3 Å². The molecular weight excluding hydrogens is 338 g/mol. The molecule has 1 saturated heterocycles. The first-order valence-electron chi connectivity index (χ1n) is 9.21. The second-order valence-corrected chi connectivity index (χ2v) is 9.32. The smallest absolute Gasteiger partial charge is 0.255 e. The maximum Gasteiger partial charge on any atom is 0.255 e. The summed E-state index contributed by atoms with van der Waals surface area (Å²) in [6.45, 7) is 2.39. The van der Waals surface area contributed by atoms with Crippen molar-refractivity contribution in [3.05, 3.63) is 24.0 Å². The molecule has 0 spiro atoms. The number of pyridine rings is 1. The Morgan fingerprint density at radius 1 is 1.24 bits per heavy atom. The summed E-state index contributed by atoms with van der Waals surface area (Å²) in [7, 11) is -3.02. The fourth-order valence-electron chi connectivity index (χ4n) is 3.87. The van der Waals surface area contributed by atoms with Gasteiger partial charge < -0.3 is 10.2 Å². The normalized spacial score (nSPS) is 23.3. The van der Waals surface area contributed by atoms with Crippen LogP contribution in [-0.2, 0) is 9.84 Å². The summed E-state index contributed by atoms with van der Waals surface area (Å²) in [5.74, 6) is 0.104. The summed E-state index contributed by atoms with van der Waals surface area (Å²) < 4.78 is 23.5. The van der Waals surface area contributed by atoms with E-state index in [2.05, 4.69) is 10.3 Å². The second kappa shape index (κ2) is 7.72. The van der Waals surface area contributed by atoms with Crippen molar-refractivity contribution in [1.82, 2.24) is 9.88 Å². The Morgan fingerprint density at radius 2 is 2.00 bits per heavy atom. The quantitative estimate of drug-likeness (QED) is 0.867. The maximum atomic E-state index is 12.9. The minimum absolute atomic E-state index is 0.0695. The van der Waals surface area contributed by atoms with Crippen molar-refractivity contribution in [3.63, 3.8) is 0 Å². The Kier molecular flexibility index (Phi) is 5.61. The van der Waals surface area contributed by atoms with Crippen LogP contribution in [-0.4, -0.2) is 54.3 Å². The van der Waals surface area contributed by atoms with Gasteiger partial charge in [-0.1, -0.05) is 19.3 Å². The summed E-state index contributed by atoms with van der Waals surface area (Å²) in [5.41, 5.74) is 1.39. The third-order valence-electron chi connectivity index (χ3n) is 5.21. The average Bonchev–Trinajstić information content (AvgIpc) is 2.96. The molecule has 1 aromatic heterocycles. The van der Waals surface area contributed by atoms with Gasteiger partial charge in [-0.25, -0.2) is 8.42 Å². The number of rotatable bonds is 5. The van der Waals surface area contributed by atoms with Crippen molar-refractivity contribution in [2.24, 2.45) is 0 Å². The predicted octanol–water partition coefficient (Wildman–Crippen LogP) is 2.48. The van der Waals surface area contributed by atoms with Gasteiger partial charge in [-0.15, -0.1) is 0 Å². The van der Waals surface area contributed by atoms with Crippen LogP contribution in [0.15, 0.2) is 18.5 Å². The van der Waals surface area contributed by atoms with E-state index in [0.29, 0.717) is 24.6 Å². The first-order valence-corrected chi connectivity index (χ1v) is 11.0. The van der Waals surface area contributed by atoms with E-state index in [4.69, 9.17) is 0 Å². The van der Waals surface area contributed by atoms with Crippen molar-refractivity contribution in [1.29, 1.82) is 0 Å². The lowest BCUT2D eigenvalue weighted by atomic mass is 9.95. The highest BCUT2D eigenvalue weighted by atomic mass is 32.2. The molecule has 0 aromatic carbocycles. The highest BCUT2D eigenvalue weighted by molar-refractivity contribution is 7.91. The molecule has 0 bridgehead atoms. The van der Waals surface area contributed by atoms with Crippen LogP contribution in [0.25, 0.3) is 0 Å². The molecule has 1 N–H and O–H groups in total. The Balaban J connectivity index is 1.71. The van der Waals surface area contributed by atoms with Crippen molar-refractivity contribution in [2.45, 2.75) is 57.5 Å². The summed E-state index contributed by atoms with van der Waals surface area (Å²) in [6.07, 6.45) is 9.92. The minimum atomic E-state index is -3.02. The number of nitrogens with zero attached hydrogens (tertiary/aromatic N) is 2. The molecule has 138 valence electrons. The second-order valence-electron chi connectivity index (χ2n) is 7.09. The van der Waals surface area contributed by atoms with E-state index in [0.717, 1.165) is 18.5 Å².